The van der Waals surface area contributed by atoms with Crippen molar-refractivity contribution in [2.24, 2.45) is 17.6 Å². The van der Waals surface area contributed by atoms with Gasteiger partial charge in [0.25, 0.3) is 0 Å². The molecule has 0 fully saturated rings. The Bertz CT molecular complexity index is 193. The molecule has 2 atom stereocenters. The average Bonchev–Trinajstić information content (AvgIpc) is 2.43. The van der Waals surface area contributed by atoms with E-state index < -0.39 is 0 Å². The van der Waals surface area contributed by atoms with Crippen LogP contribution in [0.1, 0.15) is 52.9 Å². The van der Waals surface area contributed by atoms with E-state index in [0.717, 1.165) is 0 Å². The second kappa shape index (κ2) is 5.55. The van der Waals surface area contributed by atoms with Gasteiger partial charge >= 0.3 is 0 Å². The standard InChI is InChI=1S/C13H25N/c1-10(2)11(3)13(14)12-8-6-4-5-7-9-12/h8,10-11,13H,4-7,9,14H2,1-3H3. The SMILES string of the molecule is CC(C)C(C)C(N)C1=CCCCCC1. The van der Waals surface area contributed by atoms with Crippen LogP contribution in [0.2, 0.25) is 0 Å². The molecule has 2 N–H and O–H groups in total. The smallest absolute Gasteiger partial charge is 0.0282 e. The first-order valence-corrected chi connectivity index (χ1v) is 6.07. The van der Waals surface area contributed by atoms with Gasteiger partial charge in [0.05, 0.1) is 0 Å². The molecule has 0 radical (unpaired) electrons. The number of allylic oxidation sites excluding steroid dienone is 1. The zero-order chi connectivity index (χ0) is 10.6. The van der Waals surface area contributed by atoms with Gasteiger partial charge in [-0.15, -0.1) is 0 Å². The summed E-state index contributed by atoms with van der Waals surface area (Å²) in [5.41, 5.74) is 7.81. The van der Waals surface area contributed by atoms with Gasteiger partial charge in [-0.1, -0.05) is 38.8 Å². The lowest BCUT2D eigenvalue weighted by atomic mass is 9.85. The van der Waals surface area contributed by atoms with Crippen molar-refractivity contribution in [3.05, 3.63) is 11.6 Å². The van der Waals surface area contributed by atoms with E-state index in [9.17, 15) is 0 Å². The monoisotopic (exact) mass is 195 g/mol. The zero-order valence-corrected chi connectivity index (χ0v) is 9.92. The van der Waals surface area contributed by atoms with Gasteiger partial charge < -0.3 is 5.73 Å². The van der Waals surface area contributed by atoms with Crippen LogP contribution in [0.5, 0.6) is 0 Å². The second-order valence-electron chi connectivity index (χ2n) is 5.01. The fourth-order valence-electron chi connectivity index (χ4n) is 2.09. The molecular weight excluding hydrogens is 170 g/mol. The Kier molecular flexibility index (Phi) is 4.67. The van der Waals surface area contributed by atoms with E-state index in [0.29, 0.717) is 17.9 Å². The highest BCUT2D eigenvalue weighted by atomic mass is 14.7. The lowest BCUT2D eigenvalue weighted by Crippen LogP contribution is -2.33. The summed E-state index contributed by atoms with van der Waals surface area (Å²) in [7, 11) is 0. The van der Waals surface area contributed by atoms with Gasteiger partial charge in [0.1, 0.15) is 0 Å². The summed E-state index contributed by atoms with van der Waals surface area (Å²) in [4.78, 5) is 0. The Morgan fingerprint density at radius 1 is 1.14 bits per heavy atom. The first kappa shape index (κ1) is 11.8. The van der Waals surface area contributed by atoms with E-state index in [2.05, 4.69) is 26.8 Å². The first-order valence-electron chi connectivity index (χ1n) is 6.07. The van der Waals surface area contributed by atoms with E-state index in [1.54, 1.807) is 0 Å². The van der Waals surface area contributed by atoms with Crippen LogP contribution < -0.4 is 5.73 Å². The highest BCUT2D eigenvalue weighted by molar-refractivity contribution is 5.12. The third-order valence-corrected chi connectivity index (χ3v) is 3.62. The molecule has 0 saturated carbocycles. The molecule has 1 rings (SSSR count). The maximum Gasteiger partial charge on any atom is 0.0282 e. The van der Waals surface area contributed by atoms with Crippen LogP contribution in [-0.4, -0.2) is 6.04 Å². The van der Waals surface area contributed by atoms with Gasteiger partial charge in [-0.25, -0.2) is 0 Å². The lowest BCUT2D eigenvalue weighted by molar-refractivity contribution is 0.368. The molecule has 14 heavy (non-hydrogen) atoms. The molecule has 82 valence electrons. The number of rotatable bonds is 3. The zero-order valence-electron chi connectivity index (χ0n) is 9.92. The van der Waals surface area contributed by atoms with Gasteiger partial charge in [0.2, 0.25) is 0 Å². The molecule has 0 heterocycles. The fraction of sp³-hybridized carbons (Fsp3) is 0.846. The Morgan fingerprint density at radius 3 is 2.50 bits per heavy atom. The summed E-state index contributed by atoms with van der Waals surface area (Å²) in [6.07, 6.45) is 8.95. The molecule has 0 bridgehead atoms. The van der Waals surface area contributed by atoms with E-state index >= 15 is 0 Å². The molecule has 0 aromatic carbocycles. The minimum absolute atomic E-state index is 0.299. The van der Waals surface area contributed by atoms with E-state index in [4.69, 9.17) is 5.73 Å². The highest BCUT2D eigenvalue weighted by Gasteiger charge is 2.20. The summed E-state index contributed by atoms with van der Waals surface area (Å²) in [6, 6.07) is 0.299. The highest BCUT2D eigenvalue weighted by Crippen LogP contribution is 2.25. The topological polar surface area (TPSA) is 26.0 Å². The lowest BCUT2D eigenvalue weighted by Gasteiger charge is -2.25. The van der Waals surface area contributed by atoms with Crippen LogP contribution in [0.4, 0.5) is 0 Å². The van der Waals surface area contributed by atoms with Crippen LogP contribution >= 0.6 is 0 Å². The summed E-state index contributed by atoms with van der Waals surface area (Å²) < 4.78 is 0. The molecular formula is C13H25N. The normalized spacial score (nSPS) is 22.8. The summed E-state index contributed by atoms with van der Waals surface area (Å²) in [6.45, 7) is 6.81. The van der Waals surface area contributed by atoms with Crippen LogP contribution in [0, 0.1) is 11.8 Å². The van der Waals surface area contributed by atoms with Crippen molar-refractivity contribution < 1.29 is 0 Å². The van der Waals surface area contributed by atoms with Crippen LogP contribution in [0.25, 0.3) is 0 Å². The first-order chi connectivity index (χ1) is 6.63. The molecule has 2 unspecified atom stereocenters. The fourth-order valence-corrected chi connectivity index (χ4v) is 2.09. The molecule has 0 amide bonds. The van der Waals surface area contributed by atoms with Crippen molar-refractivity contribution in [3.63, 3.8) is 0 Å². The number of hydrogen-bond acceptors (Lipinski definition) is 1. The Hall–Kier alpha value is -0.300. The summed E-state index contributed by atoms with van der Waals surface area (Å²) in [5, 5.41) is 0. The largest absolute Gasteiger partial charge is 0.324 e. The van der Waals surface area contributed by atoms with Crippen LogP contribution in [-0.2, 0) is 0 Å². The Balaban J connectivity index is 2.57. The minimum atomic E-state index is 0.299. The van der Waals surface area contributed by atoms with E-state index in [-0.39, 0.29) is 0 Å². The van der Waals surface area contributed by atoms with Gasteiger partial charge in [0, 0.05) is 6.04 Å². The molecule has 0 aromatic rings. The summed E-state index contributed by atoms with van der Waals surface area (Å²) in [5.74, 6) is 1.30. The van der Waals surface area contributed by atoms with Crippen molar-refractivity contribution in [2.45, 2.75) is 58.9 Å². The number of hydrogen-bond donors (Lipinski definition) is 1. The molecule has 1 heteroatoms. The van der Waals surface area contributed by atoms with Gasteiger partial charge in [0.15, 0.2) is 0 Å². The average molecular weight is 195 g/mol. The maximum atomic E-state index is 6.29. The molecule has 1 aliphatic carbocycles. The van der Waals surface area contributed by atoms with Crippen LogP contribution in [0.3, 0.4) is 0 Å². The molecule has 0 spiro atoms. The van der Waals surface area contributed by atoms with Crippen molar-refractivity contribution in [1.29, 1.82) is 0 Å². The number of nitrogens with two attached hydrogens (primary N) is 1. The van der Waals surface area contributed by atoms with E-state index in [1.165, 1.54) is 37.7 Å². The molecule has 0 aliphatic heterocycles. The Morgan fingerprint density at radius 2 is 1.86 bits per heavy atom. The third kappa shape index (κ3) is 3.13. The van der Waals surface area contributed by atoms with Crippen molar-refractivity contribution >= 4 is 0 Å². The van der Waals surface area contributed by atoms with Gasteiger partial charge in [-0.05, 0) is 37.5 Å². The minimum Gasteiger partial charge on any atom is -0.324 e. The quantitative estimate of drug-likeness (QED) is 0.685. The predicted molar refractivity (Wildman–Crippen MR) is 63.1 cm³/mol. The molecule has 1 nitrogen and oxygen atoms in total. The third-order valence-electron chi connectivity index (χ3n) is 3.62. The van der Waals surface area contributed by atoms with Gasteiger partial charge in [-0.3, -0.25) is 0 Å². The second-order valence-corrected chi connectivity index (χ2v) is 5.01. The van der Waals surface area contributed by atoms with Crippen molar-refractivity contribution in [3.8, 4) is 0 Å². The van der Waals surface area contributed by atoms with Crippen molar-refractivity contribution in [1.82, 2.24) is 0 Å². The van der Waals surface area contributed by atoms with Crippen LogP contribution in [0.15, 0.2) is 11.6 Å². The van der Waals surface area contributed by atoms with Gasteiger partial charge in [-0.2, -0.15) is 0 Å². The summed E-state index contributed by atoms with van der Waals surface area (Å²) >= 11 is 0. The molecule has 1 aliphatic rings. The predicted octanol–water partition coefficient (Wildman–Crippen LogP) is 3.50. The molecule has 0 saturated heterocycles. The maximum absolute atomic E-state index is 6.29. The van der Waals surface area contributed by atoms with Crippen molar-refractivity contribution in [2.75, 3.05) is 0 Å². The van der Waals surface area contributed by atoms with E-state index in [1.807, 2.05) is 0 Å². The Labute approximate surface area is 88.8 Å². The molecule has 0 aromatic heterocycles.